The molecule has 0 bridgehead atoms. The van der Waals surface area contributed by atoms with Gasteiger partial charge in [-0.2, -0.15) is 5.10 Å². The highest BCUT2D eigenvalue weighted by Crippen LogP contribution is 2.28. The molecule has 0 saturated carbocycles. The van der Waals surface area contributed by atoms with Crippen molar-refractivity contribution in [2.45, 2.75) is 6.61 Å². The van der Waals surface area contributed by atoms with Crippen molar-refractivity contribution in [2.24, 2.45) is 5.10 Å². The lowest BCUT2D eigenvalue weighted by Crippen LogP contribution is -2.17. The van der Waals surface area contributed by atoms with Gasteiger partial charge in [-0.15, -0.1) is 11.3 Å². The number of aromatic nitrogens is 1. The quantitative estimate of drug-likeness (QED) is 0.512. The third kappa shape index (κ3) is 4.67. The summed E-state index contributed by atoms with van der Waals surface area (Å²) in [6.07, 6.45) is 4.63. The molecule has 2 aromatic heterocycles. The van der Waals surface area contributed by atoms with E-state index < -0.39 is 0 Å². The van der Waals surface area contributed by atoms with Gasteiger partial charge < -0.3 is 9.47 Å². The highest BCUT2D eigenvalue weighted by atomic mass is 32.1. The van der Waals surface area contributed by atoms with E-state index in [0.717, 1.165) is 10.4 Å². The van der Waals surface area contributed by atoms with E-state index in [-0.39, 0.29) is 5.91 Å². The fraction of sp³-hybridized carbons (Fsp3) is 0.105. The number of ether oxygens (including phenoxy) is 2. The maximum atomic E-state index is 11.9. The molecule has 0 radical (unpaired) electrons. The lowest BCUT2D eigenvalue weighted by atomic mass is 10.2. The van der Waals surface area contributed by atoms with Gasteiger partial charge in [0.25, 0.3) is 5.91 Å². The molecule has 0 fully saturated rings. The Morgan fingerprint density at radius 3 is 2.92 bits per heavy atom. The number of pyridine rings is 1. The summed E-state index contributed by atoms with van der Waals surface area (Å²) in [6, 6.07) is 12.8. The minimum absolute atomic E-state index is 0.322. The standard InChI is InChI=1S/C19H17N3O3S/c1-24-18-10-14(6-7-17(18)25-13-16-5-3-9-26-16)11-21-22-19(23)15-4-2-8-20-12-15/h2-12H,13H2,1H3,(H,22,23)/b21-11-. The molecular weight excluding hydrogens is 350 g/mol. The number of rotatable bonds is 7. The molecule has 3 aromatic rings. The Morgan fingerprint density at radius 2 is 2.19 bits per heavy atom. The molecule has 0 saturated heterocycles. The van der Waals surface area contributed by atoms with Crippen molar-refractivity contribution in [1.29, 1.82) is 0 Å². The van der Waals surface area contributed by atoms with Crippen LogP contribution in [-0.2, 0) is 6.61 Å². The smallest absolute Gasteiger partial charge is 0.272 e. The predicted molar refractivity (Wildman–Crippen MR) is 101 cm³/mol. The fourth-order valence-corrected chi connectivity index (χ4v) is 2.77. The van der Waals surface area contributed by atoms with Gasteiger partial charge in [-0.05, 0) is 47.3 Å². The Morgan fingerprint density at radius 1 is 1.27 bits per heavy atom. The van der Waals surface area contributed by atoms with Crippen molar-refractivity contribution in [3.05, 3.63) is 76.2 Å². The van der Waals surface area contributed by atoms with Gasteiger partial charge in [-0.1, -0.05) is 6.07 Å². The van der Waals surface area contributed by atoms with Crippen molar-refractivity contribution in [2.75, 3.05) is 7.11 Å². The van der Waals surface area contributed by atoms with E-state index in [2.05, 4.69) is 15.5 Å². The summed E-state index contributed by atoms with van der Waals surface area (Å²) in [5.74, 6) is 0.929. The third-order valence-electron chi connectivity index (χ3n) is 3.44. The van der Waals surface area contributed by atoms with Crippen LogP contribution in [0.3, 0.4) is 0 Å². The predicted octanol–water partition coefficient (Wildman–Crippen LogP) is 3.49. The van der Waals surface area contributed by atoms with Crippen molar-refractivity contribution in [1.82, 2.24) is 10.4 Å². The summed E-state index contributed by atoms with van der Waals surface area (Å²) in [4.78, 5) is 16.9. The van der Waals surface area contributed by atoms with Crippen LogP contribution in [0.1, 0.15) is 20.8 Å². The first kappa shape index (κ1) is 17.6. The Kier molecular flexibility index (Phi) is 5.95. The van der Waals surface area contributed by atoms with Crippen LogP contribution in [0.2, 0.25) is 0 Å². The van der Waals surface area contributed by atoms with Crippen LogP contribution in [0.4, 0.5) is 0 Å². The number of hydrazone groups is 1. The molecule has 1 N–H and O–H groups in total. The van der Waals surface area contributed by atoms with Gasteiger partial charge in [0.05, 0.1) is 18.9 Å². The molecule has 0 aliphatic carbocycles. The van der Waals surface area contributed by atoms with Gasteiger partial charge in [0.15, 0.2) is 11.5 Å². The zero-order valence-corrected chi connectivity index (χ0v) is 14.9. The average molecular weight is 367 g/mol. The second kappa shape index (κ2) is 8.77. The molecule has 26 heavy (non-hydrogen) atoms. The number of hydrogen-bond donors (Lipinski definition) is 1. The largest absolute Gasteiger partial charge is 0.493 e. The van der Waals surface area contributed by atoms with Gasteiger partial charge >= 0.3 is 0 Å². The van der Waals surface area contributed by atoms with Crippen molar-refractivity contribution >= 4 is 23.5 Å². The van der Waals surface area contributed by atoms with E-state index in [9.17, 15) is 4.79 Å². The maximum absolute atomic E-state index is 11.9. The summed E-state index contributed by atoms with van der Waals surface area (Å²) >= 11 is 1.64. The Hall–Kier alpha value is -3.19. The zero-order valence-electron chi connectivity index (χ0n) is 14.1. The number of amides is 1. The first-order chi connectivity index (χ1) is 12.8. The SMILES string of the molecule is COc1cc(/C=N\NC(=O)c2cccnc2)ccc1OCc1cccs1. The van der Waals surface area contributed by atoms with Crippen LogP contribution in [0.15, 0.2) is 65.3 Å². The van der Waals surface area contributed by atoms with Gasteiger partial charge in [-0.3, -0.25) is 9.78 Å². The molecule has 0 spiro atoms. The molecule has 0 aliphatic rings. The fourth-order valence-electron chi connectivity index (χ4n) is 2.15. The number of nitrogens with one attached hydrogen (secondary N) is 1. The number of benzene rings is 1. The molecule has 2 heterocycles. The molecule has 132 valence electrons. The molecule has 0 unspecified atom stereocenters. The summed E-state index contributed by atoms with van der Waals surface area (Å²) < 4.78 is 11.2. The van der Waals surface area contributed by atoms with Crippen LogP contribution in [0, 0.1) is 0 Å². The third-order valence-corrected chi connectivity index (χ3v) is 4.29. The number of nitrogens with zero attached hydrogens (tertiary/aromatic N) is 2. The molecule has 1 aromatic carbocycles. The summed E-state index contributed by atoms with van der Waals surface area (Å²) in [7, 11) is 1.58. The van der Waals surface area contributed by atoms with Crippen LogP contribution in [0.5, 0.6) is 11.5 Å². The minimum Gasteiger partial charge on any atom is -0.493 e. The van der Waals surface area contributed by atoms with E-state index in [1.165, 1.54) is 6.20 Å². The van der Waals surface area contributed by atoms with Gasteiger partial charge in [-0.25, -0.2) is 5.43 Å². The molecular formula is C19H17N3O3S. The molecule has 3 rings (SSSR count). The van der Waals surface area contributed by atoms with Crippen molar-refractivity contribution in [3.63, 3.8) is 0 Å². The van der Waals surface area contributed by atoms with Crippen LogP contribution in [-0.4, -0.2) is 24.2 Å². The van der Waals surface area contributed by atoms with E-state index in [4.69, 9.17) is 9.47 Å². The molecule has 7 heteroatoms. The Balaban J connectivity index is 1.62. The lowest BCUT2D eigenvalue weighted by molar-refractivity contribution is 0.0955. The zero-order chi connectivity index (χ0) is 18.2. The van der Waals surface area contributed by atoms with E-state index in [1.807, 2.05) is 29.6 Å². The second-order valence-electron chi connectivity index (χ2n) is 5.22. The highest BCUT2D eigenvalue weighted by molar-refractivity contribution is 7.09. The number of thiophene rings is 1. The number of carbonyl (C=O) groups is 1. The molecule has 0 aliphatic heterocycles. The lowest BCUT2D eigenvalue weighted by Gasteiger charge is -2.10. The first-order valence-corrected chi connectivity index (χ1v) is 8.71. The van der Waals surface area contributed by atoms with Gasteiger partial charge in [0.2, 0.25) is 0 Å². The highest BCUT2D eigenvalue weighted by Gasteiger charge is 2.06. The first-order valence-electron chi connectivity index (χ1n) is 7.83. The van der Waals surface area contributed by atoms with E-state index in [1.54, 1.807) is 49.1 Å². The van der Waals surface area contributed by atoms with Crippen LogP contribution in [0.25, 0.3) is 0 Å². The van der Waals surface area contributed by atoms with E-state index >= 15 is 0 Å². The van der Waals surface area contributed by atoms with Gasteiger partial charge in [0, 0.05) is 17.3 Å². The normalized spacial score (nSPS) is 10.7. The molecule has 6 nitrogen and oxygen atoms in total. The Labute approximate surface area is 155 Å². The van der Waals surface area contributed by atoms with Crippen molar-refractivity contribution < 1.29 is 14.3 Å². The topological polar surface area (TPSA) is 72.8 Å². The second-order valence-corrected chi connectivity index (χ2v) is 6.25. The maximum Gasteiger partial charge on any atom is 0.272 e. The number of carbonyl (C=O) groups excluding carboxylic acids is 1. The average Bonchev–Trinajstić information content (AvgIpc) is 3.21. The Bertz CT molecular complexity index is 880. The summed E-state index contributed by atoms with van der Waals surface area (Å²) in [6.45, 7) is 0.489. The monoisotopic (exact) mass is 367 g/mol. The molecule has 1 amide bonds. The minimum atomic E-state index is -0.322. The summed E-state index contributed by atoms with van der Waals surface area (Å²) in [5.41, 5.74) is 3.68. The van der Waals surface area contributed by atoms with Crippen LogP contribution < -0.4 is 14.9 Å². The van der Waals surface area contributed by atoms with Crippen LogP contribution >= 0.6 is 11.3 Å². The molecule has 0 atom stereocenters. The van der Waals surface area contributed by atoms with Gasteiger partial charge in [0.1, 0.15) is 6.61 Å². The number of hydrogen-bond acceptors (Lipinski definition) is 6. The number of methoxy groups -OCH3 is 1. The van der Waals surface area contributed by atoms with E-state index in [0.29, 0.717) is 23.7 Å². The summed E-state index contributed by atoms with van der Waals surface area (Å²) in [5, 5.41) is 5.97. The van der Waals surface area contributed by atoms with Crippen molar-refractivity contribution in [3.8, 4) is 11.5 Å².